The van der Waals surface area contributed by atoms with E-state index in [0.717, 1.165) is 5.56 Å². The molecule has 7 heteroatoms. The Hall–Kier alpha value is -1.63. The third kappa shape index (κ3) is 6.19. The van der Waals surface area contributed by atoms with Crippen LogP contribution < -0.4 is 0 Å². The number of halogens is 3. The summed E-state index contributed by atoms with van der Waals surface area (Å²) < 4.78 is 36.8. The Morgan fingerprint density at radius 1 is 1.32 bits per heavy atom. The molecule has 0 atom stereocenters. The van der Waals surface area contributed by atoms with Crippen LogP contribution in [0.3, 0.4) is 0 Å². The first kappa shape index (κ1) is 15.4. The van der Waals surface area contributed by atoms with E-state index in [4.69, 9.17) is 5.11 Å². The number of hydrogen-bond donors (Lipinski definition) is 1. The van der Waals surface area contributed by atoms with Gasteiger partial charge in [0.05, 0.1) is 6.61 Å². The van der Waals surface area contributed by atoms with Crippen LogP contribution in [0, 0.1) is 0 Å². The second kappa shape index (κ2) is 7.08. The number of carbonyl (C=O) groups is 1. The summed E-state index contributed by atoms with van der Waals surface area (Å²) in [6.45, 7) is -2.13. The fraction of sp³-hybridized carbons (Fsp3) is 0.500. The van der Waals surface area contributed by atoms with E-state index in [1.54, 1.807) is 24.5 Å². The van der Waals surface area contributed by atoms with Gasteiger partial charge in [-0.2, -0.15) is 13.2 Å². The molecule has 1 rings (SSSR count). The SMILES string of the molecule is O=C(CCc1ccncc1)N(CCO)CC(F)(F)F. The van der Waals surface area contributed by atoms with Crippen molar-refractivity contribution in [3.8, 4) is 0 Å². The lowest BCUT2D eigenvalue weighted by Gasteiger charge is -2.23. The van der Waals surface area contributed by atoms with Crippen molar-refractivity contribution in [2.75, 3.05) is 19.7 Å². The number of pyridine rings is 1. The van der Waals surface area contributed by atoms with Gasteiger partial charge < -0.3 is 10.0 Å². The van der Waals surface area contributed by atoms with Crippen molar-refractivity contribution in [3.63, 3.8) is 0 Å². The fourth-order valence-electron chi connectivity index (χ4n) is 1.59. The van der Waals surface area contributed by atoms with Crippen molar-refractivity contribution < 1.29 is 23.1 Å². The number of aromatic nitrogens is 1. The molecule has 19 heavy (non-hydrogen) atoms. The number of aryl methyl sites for hydroxylation is 1. The number of amides is 1. The van der Waals surface area contributed by atoms with Crippen LogP contribution in [-0.2, 0) is 11.2 Å². The van der Waals surface area contributed by atoms with Crippen molar-refractivity contribution in [1.29, 1.82) is 0 Å². The van der Waals surface area contributed by atoms with Gasteiger partial charge in [0.15, 0.2) is 0 Å². The molecule has 0 saturated heterocycles. The molecule has 0 aliphatic carbocycles. The van der Waals surface area contributed by atoms with Crippen molar-refractivity contribution in [2.24, 2.45) is 0 Å². The summed E-state index contributed by atoms with van der Waals surface area (Å²) >= 11 is 0. The number of rotatable bonds is 6. The van der Waals surface area contributed by atoms with Crippen LogP contribution in [0.15, 0.2) is 24.5 Å². The fourth-order valence-corrected chi connectivity index (χ4v) is 1.59. The van der Waals surface area contributed by atoms with Gasteiger partial charge in [-0.3, -0.25) is 9.78 Å². The first-order valence-electron chi connectivity index (χ1n) is 5.76. The highest BCUT2D eigenvalue weighted by atomic mass is 19.4. The molecule has 1 aromatic rings. The van der Waals surface area contributed by atoms with E-state index >= 15 is 0 Å². The summed E-state index contributed by atoms with van der Waals surface area (Å²) in [6, 6.07) is 3.40. The third-order valence-electron chi connectivity index (χ3n) is 2.47. The van der Waals surface area contributed by atoms with Gasteiger partial charge in [0, 0.05) is 25.4 Å². The van der Waals surface area contributed by atoms with Gasteiger partial charge in [-0.1, -0.05) is 0 Å². The maximum Gasteiger partial charge on any atom is 0.406 e. The van der Waals surface area contributed by atoms with Crippen molar-refractivity contribution in [2.45, 2.75) is 19.0 Å². The van der Waals surface area contributed by atoms with Gasteiger partial charge in [-0.25, -0.2) is 0 Å². The van der Waals surface area contributed by atoms with E-state index in [1.807, 2.05) is 0 Å². The zero-order valence-corrected chi connectivity index (χ0v) is 10.2. The average molecular weight is 276 g/mol. The normalized spacial score (nSPS) is 11.4. The maximum absolute atomic E-state index is 12.3. The van der Waals surface area contributed by atoms with Crippen LogP contribution in [0.2, 0.25) is 0 Å². The molecule has 0 spiro atoms. The molecule has 1 heterocycles. The first-order valence-corrected chi connectivity index (χ1v) is 5.76. The molecule has 0 saturated carbocycles. The Kier molecular flexibility index (Phi) is 5.75. The molecule has 0 aromatic carbocycles. The van der Waals surface area contributed by atoms with E-state index in [9.17, 15) is 18.0 Å². The summed E-state index contributed by atoms with van der Waals surface area (Å²) in [5.74, 6) is -0.622. The minimum absolute atomic E-state index is 0.0277. The lowest BCUT2D eigenvalue weighted by Crippen LogP contribution is -2.40. The highest BCUT2D eigenvalue weighted by molar-refractivity contribution is 5.76. The molecule has 1 amide bonds. The van der Waals surface area contributed by atoms with Crippen LogP contribution in [0.5, 0.6) is 0 Å². The third-order valence-corrected chi connectivity index (χ3v) is 2.47. The van der Waals surface area contributed by atoms with Crippen molar-refractivity contribution >= 4 is 5.91 Å². The second-order valence-electron chi connectivity index (χ2n) is 4.01. The first-order chi connectivity index (χ1) is 8.92. The van der Waals surface area contributed by atoms with Gasteiger partial charge >= 0.3 is 6.18 Å². The summed E-state index contributed by atoms with van der Waals surface area (Å²) in [6.07, 6.45) is -1.02. The molecule has 0 bridgehead atoms. The van der Waals surface area contributed by atoms with Crippen LogP contribution in [0.25, 0.3) is 0 Å². The summed E-state index contributed by atoms with van der Waals surface area (Å²) in [5.41, 5.74) is 0.833. The number of aliphatic hydroxyl groups is 1. The minimum Gasteiger partial charge on any atom is -0.395 e. The van der Waals surface area contributed by atoms with Gasteiger partial charge in [0.25, 0.3) is 0 Å². The van der Waals surface area contributed by atoms with Gasteiger partial charge in [0.2, 0.25) is 5.91 Å². The topological polar surface area (TPSA) is 53.4 Å². The maximum atomic E-state index is 12.3. The predicted octanol–water partition coefficient (Wildman–Crippen LogP) is 1.40. The van der Waals surface area contributed by atoms with E-state index < -0.39 is 25.2 Å². The lowest BCUT2D eigenvalue weighted by atomic mass is 10.1. The summed E-state index contributed by atoms with van der Waals surface area (Å²) in [7, 11) is 0. The Morgan fingerprint density at radius 3 is 2.47 bits per heavy atom. The Balaban J connectivity index is 2.52. The molecule has 0 fully saturated rings. The standard InChI is InChI=1S/C12H15F3N2O2/c13-12(14,15)9-17(7-8-18)11(19)2-1-10-3-5-16-6-4-10/h3-6,18H,1-2,7-9H2. The summed E-state index contributed by atoms with van der Waals surface area (Å²) in [4.78, 5) is 16.1. The lowest BCUT2D eigenvalue weighted by molar-refractivity contribution is -0.162. The van der Waals surface area contributed by atoms with E-state index in [2.05, 4.69) is 4.98 Å². The molecule has 106 valence electrons. The smallest absolute Gasteiger partial charge is 0.395 e. The number of carbonyl (C=O) groups excluding carboxylic acids is 1. The largest absolute Gasteiger partial charge is 0.406 e. The predicted molar refractivity (Wildman–Crippen MR) is 62.3 cm³/mol. The molecule has 1 N–H and O–H groups in total. The summed E-state index contributed by atoms with van der Waals surface area (Å²) in [5, 5.41) is 8.70. The van der Waals surface area contributed by atoms with Crippen LogP contribution in [0.4, 0.5) is 13.2 Å². The average Bonchev–Trinajstić information content (AvgIpc) is 2.35. The molecule has 0 radical (unpaired) electrons. The van der Waals surface area contributed by atoms with Crippen molar-refractivity contribution in [1.82, 2.24) is 9.88 Å². The minimum atomic E-state index is -4.46. The van der Waals surface area contributed by atoms with E-state index in [0.29, 0.717) is 11.3 Å². The van der Waals surface area contributed by atoms with Crippen molar-refractivity contribution in [3.05, 3.63) is 30.1 Å². The van der Waals surface area contributed by atoms with Crippen LogP contribution in [0.1, 0.15) is 12.0 Å². The molecular formula is C12H15F3N2O2. The number of nitrogens with zero attached hydrogens (tertiary/aromatic N) is 2. The quantitative estimate of drug-likeness (QED) is 0.854. The molecule has 4 nitrogen and oxygen atoms in total. The second-order valence-corrected chi connectivity index (χ2v) is 4.01. The molecular weight excluding hydrogens is 261 g/mol. The van der Waals surface area contributed by atoms with Gasteiger partial charge in [0.1, 0.15) is 6.54 Å². The highest BCUT2D eigenvalue weighted by Crippen LogP contribution is 2.17. The Labute approximate surface area is 108 Å². The Bertz CT molecular complexity index is 396. The molecule has 1 aromatic heterocycles. The molecule has 0 aliphatic heterocycles. The highest BCUT2D eigenvalue weighted by Gasteiger charge is 2.32. The van der Waals surface area contributed by atoms with Crippen LogP contribution in [-0.4, -0.2) is 46.8 Å². The van der Waals surface area contributed by atoms with E-state index in [1.165, 1.54) is 0 Å². The monoisotopic (exact) mass is 276 g/mol. The molecule has 0 unspecified atom stereocenters. The van der Waals surface area contributed by atoms with E-state index in [-0.39, 0.29) is 13.0 Å². The Morgan fingerprint density at radius 2 is 1.95 bits per heavy atom. The van der Waals surface area contributed by atoms with Gasteiger partial charge in [-0.15, -0.1) is 0 Å². The molecule has 0 aliphatic rings. The number of aliphatic hydroxyl groups excluding tert-OH is 1. The van der Waals surface area contributed by atoms with Gasteiger partial charge in [-0.05, 0) is 24.1 Å². The number of hydrogen-bond acceptors (Lipinski definition) is 3. The zero-order chi connectivity index (χ0) is 14.3. The van der Waals surface area contributed by atoms with Crippen LogP contribution >= 0.6 is 0 Å². The number of alkyl halides is 3. The zero-order valence-electron chi connectivity index (χ0n) is 10.2.